The predicted molar refractivity (Wildman–Crippen MR) is 85.6 cm³/mol. The van der Waals surface area contributed by atoms with Gasteiger partial charge in [-0.05, 0) is 49.4 Å². The molecule has 5 heteroatoms. The maximum absolute atomic E-state index is 5.76. The smallest absolute Gasteiger partial charge is 0.257 e. The molecule has 1 atom stereocenters. The lowest BCUT2D eigenvalue weighted by Crippen LogP contribution is -2.08. The van der Waals surface area contributed by atoms with Crippen molar-refractivity contribution in [2.75, 3.05) is 5.32 Å². The Balaban J connectivity index is 1.79. The third kappa shape index (κ3) is 2.83. The number of benzene rings is 1. The fourth-order valence-corrected chi connectivity index (χ4v) is 2.76. The van der Waals surface area contributed by atoms with E-state index in [1.54, 1.807) is 11.3 Å². The maximum atomic E-state index is 5.76. The van der Waals surface area contributed by atoms with Crippen LogP contribution in [0.25, 0.3) is 10.8 Å². The Morgan fingerprint density at radius 1 is 1.14 bits per heavy atom. The molecule has 0 aliphatic heterocycles. The van der Waals surface area contributed by atoms with Gasteiger partial charge in [-0.25, -0.2) is 0 Å². The van der Waals surface area contributed by atoms with E-state index in [0.717, 1.165) is 10.6 Å². The lowest BCUT2D eigenvalue weighted by Gasteiger charge is -2.15. The maximum Gasteiger partial charge on any atom is 0.257 e. The zero-order valence-corrected chi connectivity index (χ0v) is 13.1. The summed E-state index contributed by atoms with van der Waals surface area (Å²) in [6.07, 6.45) is 0. The molecule has 1 N–H and O–H groups in total. The molecule has 0 radical (unpaired) electrons. The molecule has 0 amide bonds. The van der Waals surface area contributed by atoms with Crippen molar-refractivity contribution < 1.29 is 4.42 Å². The Labute approximate surface area is 127 Å². The quantitative estimate of drug-likeness (QED) is 0.765. The summed E-state index contributed by atoms with van der Waals surface area (Å²) in [6.45, 7) is 6.23. The summed E-state index contributed by atoms with van der Waals surface area (Å²) < 4.78 is 5.76. The summed E-state index contributed by atoms with van der Waals surface area (Å²) in [5, 5.41) is 13.7. The predicted octanol–water partition coefficient (Wildman–Crippen LogP) is 4.59. The Morgan fingerprint density at radius 2 is 2.00 bits per heavy atom. The Hall–Kier alpha value is -2.14. The number of nitrogens with one attached hydrogen (secondary N) is 1. The molecule has 2 heterocycles. The molecule has 0 aliphatic carbocycles. The molecule has 2 aromatic heterocycles. The van der Waals surface area contributed by atoms with Crippen molar-refractivity contribution in [3.63, 3.8) is 0 Å². The van der Waals surface area contributed by atoms with Crippen LogP contribution in [-0.4, -0.2) is 10.2 Å². The van der Waals surface area contributed by atoms with Crippen LogP contribution in [0.4, 0.5) is 5.69 Å². The molecular formula is C16H17N3OS. The minimum absolute atomic E-state index is 0.0355. The summed E-state index contributed by atoms with van der Waals surface area (Å²) in [6, 6.07) is 10.1. The molecule has 0 bridgehead atoms. The second-order valence-corrected chi connectivity index (χ2v) is 5.98. The first-order valence-corrected chi connectivity index (χ1v) is 7.73. The monoisotopic (exact) mass is 299 g/mol. The van der Waals surface area contributed by atoms with Crippen LogP contribution in [0.5, 0.6) is 0 Å². The summed E-state index contributed by atoms with van der Waals surface area (Å²) in [7, 11) is 0. The number of rotatable bonds is 4. The Bertz CT molecular complexity index is 734. The molecule has 0 unspecified atom stereocenters. The number of nitrogens with zero attached hydrogens (tertiary/aromatic N) is 2. The fourth-order valence-electron chi connectivity index (χ4n) is 2.11. The van der Waals surface area contributed by atoms with Gasteiger partial charge in [0.2, 0.25) is 5.89 Å². The van der Waals surface area contributed by atoms with E-state index in [4.69, 9.17) is 4.42 Å². The lowest BCUT2D eigenvalue weighted by atomic mass is 10.1. The highest BCUT2D eigenvalue weighted by Crippen LogP contribution is 2.27. The van der Waals surface area contributed by atoms with Gasteiger partial charge < -0.3 is 9.73 Å². The highest BCUT2D eigenvalue weighted by atomic mass is 32.1. The lowest BCUT2D eigenvalue weighted by molar-refractivity contribution is 0.486. The first kappa shape index (κ1) is 13.8. The van der Waals surface area contributed by atoms with Crippen LogP contribution < -0.4 is 5.32 Å². The Morgan fingerprint density at radius 3 is 2.76 bits per heavy atom. The van der Waals surface area contributed by atoms with Gasteiger partial charge >= 0.3 is 0 Å². The van der Waals surface area contributed by atoms with E-state index in [9.17, 15) is 0 Å². The second-order valence-electron chi connectivity index (χ2n) is 5.04. The molecule has 0 saturated heterocycles. The highest BCUT2D eigenvalue weighted by molar-refractivity contribution is 7.13. The van der Waals surface area contributed by atoms with Crippen molar-refractivity contribution in [2.45, 2.75) is 26.8 Å². The minimum atomic E-state index is -0.0355. The van der Waals surface area contributed by atoms with E-state index < -0.39 is 0 Å². The molecule has 0 saturated carbocycles. The molecular weight excluding hydrogens is 282 g/mol. The van der Waals surface area contributed by atoms with E-state index in [0.29, 0.717) is 11.8 Å². The number of hydrogen-bond donors (Lipinski definition) is 1. The van der Waals surface area contributed by atoms with Gasteiger partial charge in [0.1, 0.15) is 6.04 Å². The number of anilines is 1. The summed E-state index contributed by atoms with van der Waals surface area (Å²) in [5.74, 6) is 1.17. The number of thiophene rings is 1. The summed E-state index contributed by atoms with van der Waals surface area (Å²) in [5.41, 5.74) is 3.60. The van der Waals surface area contributed by atoms with Crippen molar-refractivity contribution in [3.8, 4) is 10.8 Å². The number of aryl methyl sites for hydroxylation is 1. The van der Waals surface area contributed by atoms with E-state index in [-0.39, 0.29) is 6.04 Å². The van der Waals surface area contributed by atoms with Gasteiger partial charge in [-0.2, -0.15) is 0 Å². The molecule has 4 nitrogen and oxygen atoms in total. The number of aromatic nitrogens is 2. The average molecular weight is 299 g/mol. The Kier molecular flexibility index (Phi) is 3.75. The zero-order valence-electron chi connectivity index (χ0n) is 12.3. The first-order chi connectivity index (χ1) is 10.1. The van der Waals surface area contributed by atoms with Gasteiger partial charge in [0, 0.05) is 5.69 Å². The van der Waals surface area contributed by atoms with Crippen LogP contribution in [0.1, 0.15) is 30.0 Å². The van der Waals surface area contributed by atoms with Gasteiger partial charge in [0.25, 0.3) is 5.89 Å². The van der Waals surface area contributed by atoms with E-state index in [1.165, 1.54) is 11.1 Å². The number of hydrogen-bond acceptors (Lipinski definition) is 5. The van der Waals surface area contributed by atoms with E-state index in [1.807, 2.05) is 30.5 Å². The second kappa shape index (κ2) is 5.69. The molecule has 0 aliphatic rings. The van der Waals surface area contributed by atoms with Crippen LogP contribution in [0.2, 0.25) is 0 Å². The average Bonchev–Trinajstić information content (AvgIpc) is 3.13. The molecule has 3 rings (SSSR count). The highest BCUT2D eigenvalue weighted by Gasteiger charge is 2.16. The minimum Gasteiger partial charge on any atom is -0.418 e. The summed E-state index contributed by atoms with van der Waals surface area (Å²) >= 11 is 1.59. The van der Waals surface area contributed by atoms with Crippen LogP contribution in [-0.2, 0) is 0 Å². The van der Waals surface area contributed by atoms with Crippen molar-refractivity contribution in [3.05, 3.63) is 52.7 Å². The van der Waals surface area contributed by atoms with Crippen LogP contribution >= 0.6 is 11.3 Å². The van der Waals surface area contributed by atoms with E-state index in [2.05, 4.69) is 41.5 Å². The van der Waals surface area contributed by atoms with Crippen LogP contribution in [0.15, 0.2) is 40.1 Å². The summed E-state index contributed by atoms with van der Waals surface area (Å²) in [4.78, 5) is 0.993. The molecule has 0 spiro atoms. The van der Waals surface area contributed by atoms with Gasteiger partial charge in [0.15, 0.2) is 0 Å². The molecule has 21 heavy (non-hydrogen) atoms. The van der Waals surface area contributed by atoms with Crippen molar-refractivity contribution in [1.82, 2.24) is 10.2 Å². The largest absolute Gasteiger partial charge is 0.418 e. The van der Waals surface area contributed by atoms with Gasteiger partial charge in [0.05, 0.1) is 4.88 Å². The molecule has 3 aromatic rings. The standard InChI is InChI=1S/C16H17N3OS/c1-10-6-4-7-13(11(10)2)17-12(3)15-18-19-16(20-15)14-8-5-9-21-14/h4-9,12,17H,1-3H3/t12-/m1/s1. The zero-order chi connectivity index (χ0) is 14.8. The van der Waals surface area contributed by atoms with Crippen molar-refractivity contribution in [2.24, 2.45) is 0 Å². The van der Waals surface area contributed by atoms with Crippen molar-refractivity contribution in [1.29, 1.82) is 0 Å². The van der Waals surface area contributed by atoms with Gasteiger partial charge in [-0.3, -0.25) is 0 Å². The normalized spacial score (nSPS) is 12.3. The van der Waals surface area contributed by atoms with Crippen molar-refractivity contribution >= 4 is 17.0 Å². The molecule has 1 aromatic carbocycles. The fraction of sp³-hybridized carbons (Fsp3) is 0.250. The van der Waals surface area contributed by atoms with Gasteiger partial charge in [-0.1, -0.05) is 18.2 Å². The van der Waals surface area contributed by atoms with Crippen LogP contribution in [0.3, 0.4) is 0 Å². The van der Waals surface area contributed by atoms with Crippen LogP contribution in [0, 0.1) is 13.8 Å². The SMILES string of the molecule is Cc1cccc(N[C@H](C)c2nnc(-c3cccs3)o2)c1C. The van der Waals surface area contributed by atoms with E-state index >= 15 is 0 Å². The topological polar surface area (TPSA) is 51.0 Å². The third-order valence-corrected chi connectivity index (χ3v) is 4.38. The third-order valence-electron chi connectivity index (χ3n) is 3.52. The van der Waals surface area contributed by atoms with Gasteiger partial charge in [-0.15, -0.1) is 21.5 Å². The first-order valence-electron chi connectivity index (χ1n) is 6.85. The molecule has 0 fully saturated rings. The molecule has 108 valence electrons.